The first kappa shape index (κ1) is 16.7. The molecule has 2 aromatic carbocycles. The number of amides is 1. The quantitative estimate of drug-likeness (QED) is 0.816. The molecule has 2 rings (SSSR count). The Morgan fingerprint density at radius 2 is 1.52 bits per heavy atom. The van der Waals surface area contributed by atoms with Gasteiger partial charge in [-0.1, -0.05) is 13.0 Å². The van der Waals surface area contributed by atoms with E-state index in [0.29, 0.717) is 22.7 Å². The smallest absolute Gasteiger partial charge is 0.263 e. The van der Waals surface area contributed by atoms with Crippen molar-refractivity contribution in [2.24, 2.45) is 0 Å². The first-order chi connectivity index (χ1) is 11.2. The van der Waals surface area contributed by atoms with Gasteiger partial charge < -0.3 is 20.1 Å². The average molecular weight is 314 g/mol. The summed E-state index contributed by atoms with van der Waals surface area (Å²) < 4.78 is 10.5. The van der Waals surface area contributed by atoms with Crippen molar-refractivity contribution in [3.05, 3.63) is 48.0 Å². The molecule has 0 spiro atoms. The van der Waals surface area contributed by atoms with E-state index in [2.05, 4.69) is 17.6 Å². The van der Waals surface area contributed by atoms with E-state index in [1.807, 2.05) is 24.3 Å². The Kier molecular flexibility index (Phi) is 5.86. The lowest BCUT2D eigenvalue weighted by Crippen LogP contribution is -2.14. The molecular weight excluding hydrogens is 292 g/mol. The average Bonchev–Trinajstić information content (AvgIpc) is 2.60. The van der Waals surface area contributed by atoms with Crippen molar-refractivity contribution in [3.63, 3.8) is 0 Å². The lowest BCUT2D eigenvalue weighted by molar-refractivity contribution is 0.102. The van der Waals surface area contributed by atoms with Crippen molar-refractivity contribution < 1.29 is 14.3 Å². The summed E-state index contributed by atoms with van der Waals surface area (Å²) >= 11 is 0. The van der Waals surface area contributed by atoms with Gasteiger partial charge in [0.05, 0.1) is 14.2 Å². The Hall–Kier alpha value is -2.69. The Labute approximate surface area is 136 Å². The second-order valence-corrected chi connectivity index (χ2v) is 5.00. The van der Waals surface area contributed by atoms with Gasteiger partial charge in [-0.2, -0.15) is 0 Å². The third-order valence-corrected chi connectivity index (χ3v) is 3.38. The Morgan fingerprint density at radius 3 is 2.04 bits per heavy atom. The number of methoxy groups -OCH3 is 2. The van der Waals surface area contributed by atoms with Gasteiger partial charge in [-0.25, -0.2) is 0 Å². The van der Waals surface area contributed by atoms with E-state index in [9.17, 15) is 4.79 Å². The van der Waals surface area contributed by atoms with E-state index in [-0.39, 0.29) is 5.91 Å². The third kappa shape index (κ3) is 4.16. The van der Waals surface area contributed by atoms with Crippen LogP contribution in [0, 0.1) is 0 Å². The van der Waals surface area contributed by atoms with Crippen LogP contribution in [0.15, 0.2) is 42.5 Å². The summed E-state index contributed by atoms with van der Waals surface area (Å²) in [5.41, 5.74) is 2.12. The number of carbonyl (C=O) groups is 1. The minimum Gasteiger partial charge on any atom is -0.496 e. The van der Waals surface area contributed by atoms with Gasteiger partial charge >= 0.3 is 0 Å². The number of nitrogens with one attached hydrogen (secondary N) is 2. The molecule has 0 fully saturated rings. The first-order valence-corrected chi connectivity index (χ1v) is 7.55. The lowest BCUT2D eigenvalue weighted by Gasteiger charge is -2.13. The third-order valence-electron chi connectivity index (χ3n) is 3.38. The predicted molar refractivity (Wildman–Crippen MR) is 92.7 cm³/mol. The summed E-state index contributed by atoms with van der Waals surface area (Å²) in [5, 5.41) is 6.15. The molecule has 0 saturated heterocycles. The molecule has 23 heavy (non-hydrogen) atoms. The largest absolute Gasteiger partial charge is 0.496 e. The van der Waals surface area contributed by atoms with E-state index in [1.54, 1.807) is 18.2 Å². The molecule has 0 aliphatic carbocycles. The second-order valence-electron chi connectivity index (χ2n) is 5.00. The number of ether oxygens (including phenoxy) is 2. The van der Waals surface area contributed by atoms with Crippen LogP contribution >= 0.6 is 0 Å². The van der Waals surface area contributed by atoms with Crippen molar-refractivity contribution >= 4 is 17.3 Å². The Bertz CT molecular complexity index is 632. The van der Waals surface area contributed by atoms with Crippen LogP contribution in [0.25, 0.3) is 0 Å². The number of anilines is 2. The van der Waals surface area contributed by atoms with Crippen LogP contribution < -0.4 is 20.1 Å². The van der Waals surface area contributed by atoms with Crippen molar-refractivity contribution in [1.82, 2.24) is 0 Å². The molecule has 0 aliphatic rings. The van der Waals surface area contributed by atoms with Crippen LogP contribution in [0.2, 0.25) is 0 Å². The fourth-order valence-electron chi connectivity index (χ4n) is 2.21. The number of rotatable bonds is 7. The number of carbonyl (C=O) groups excluding carboxylic acids is 1. The molecule has 0 radical (unpaired) electrons. The topological polar surface area (TPSA) is 59.6 Å². The molecule has 0 aliphatic heterocycles. The van der Waals surface area contributed by atoms with Crippen LogP contribution in [-0.4, -0.2) is 26.7 Å². The van der Waals surface area contributed by atoms with Gasteiger partial charge in [-0.05, 0) is 42.8 Å². The van der Waals surface area contributed by atoms with E-state index in [0.717, 1.165) is 18.7 Å². The lowest BCUT2D eigenvalue weighted by atomic mass is 10.1. The van der Waals surface area contributed by atoms with Gasteiger partial charge in [0.25, 0.3) is 5.91 Å². The molecule has 0 unspecified atom stereocenters. The number of hydrogen-bond acceptors (Lipinski definition) is 4. The SMILES string of the molecule is CCCNc1ccc(NC(=O)c2c(OC)cccc2OC)cc1. The van der Waals surface area contributed by atoms with Gasteiger partial charge in [0.2, 0.25) is 0 Å². The second kappa shape index (κ2) is 8.08. The highest BCUT2D eigenvalue weighted by Crippen LogP contribution is 2.29. The summed E-state index contributed by atoms with van der Waals surface area (Å²) in [6, 6.07) is 12.8. The number of hydrogen-bond donors (Lipinski definition) is 2. The zero-order valence-electron chi connectivity index (χ0n) is 13.7. The maximum Gasteiger partial charge on any atom is 0.263 e. The van der Waals surface area contributed by atoms with Crippen LogP contribution in [0.1, 0.15) is 23.7 Å². The fourth-order valence-corrected chi connectivity index (χ4v) is 2.21. The van der Waals surface area contributed by atoms with Gasteiger partial charge in [0, 0.05) is 17.9 Å². The molecule has 0 heterocycles. The minimum absolute atomic E-state index is 0.270. The van der Waals surface area contributed by atoms with E-state index in [4.69, 9.17) is 9.47 Å². The van der Waals surface area contributed by atoms with Crippen molar-refractivity contribution in [1.29, 1.82) is 0 Å². The molecule has 1 amide bonds. The zero-order chi connectivity index (χ0) is 16.7. The van der Waals surface area contributed by atoms with Crippen molar-refractivity contribution in [2.45, 2.75) is 13.3 Å². The molecule has 0 aromatic heterocycles. The van der Waals surface area contributed by atoms with Crippen molar-refractivity contribution in [2.75, 3.05) is 31.4 Å². The molecule has 0 bridgehead atoms. The monoisotopic (exact) mass is 314 g/mol. The molecule has 5 nitrogen and oxygen atoms in total. The van der Waals surface area contributed by atoms with Crippen LogP contribution in [0.5, 0.6) is 11.5 Å². The van der Waals surface area contributed by atoms with Gasteiger partial charge in [-0.3, -0.25) is 4.79 Å². The molecular formula is C18H22N2O3. The molecule has 2 N–H and O–H groups in total. The maximum absolute atomic E-state index is 12.5. The summed E-state index contributed by atoms with van der Waals surface area (Å²) in [7, 11) is 3.06. The highest BCUT2D eigenvalue weighted by Gasteiger charge is 2.18. The van der Waals surface area contributed by atoms with Gasteiger partial charge in [-0.15, -0.1) is 0 Å². The van der Waals surface area contributed by atoms with Crippen molar-refractivity contribution in [3.8, 4) is 11.5 Å². The summed E-state index contributed by atoms with van der Waals surface area (Å²) in [6.07, 6.45) is 1.06. The zero-order valence-corrected chi connectivity index (χ0v) is 13.7. The van der Waals surface area contributed by atoms with E-state index >= 15 is 0 Å². The molecule has 5 heteroatoms. The van der Waals surface area contributed by atoms with Crippen LogP contribution in [0.3, 0.4) is 0 Å². The molecule has 0 atom stereocenters. The van der Waals surface area contributed by atoms with E-state index < -0.39 is 0 Å². The highest BCUT2D eigenvalue weighted by molar-refractivity contribution is 6.08. The standard InChI is InChI=1S/C18H22N2O3/c1-4-12-19-13-8-10-14(11-9-13)20-18(21)17-15(22-2)6-5-7-16(17)23-3/h5-11,19H,4,12H2,1-3H3,(H,20,21). The van der Waals surface area contributed by atoms with Gasteiger partial charge in [0.1, 0.15) is 17.1 Å². The highest BCUT2D eigenvalue weighted by atomic mass is 16.5. The summed E-state index contributed by atoms with van der Waals surface area (Å²) in [4.78, 5) is 12.5. The normalized spacial score (nSPS) is 10.0. The first-order valence-electron chi connectivity index (χ1n) is 7.55. The fraction of sp³-hybridized carbons (Fsp3) is 0.278. The summed E-state index contributed by atoms with van der Waals surface area (Å²) in [6.45, 7) is 3.03. The predicted octanol–water partition coefficient (Wildman–Crippen LogP) is 3.78. The Morgan fingerprint density at radius 1 is 0.957 bits per heavy atom. The maximum atomic E-state index is 12.5. The van der Waals surface area contributed by atoms with Crippen LogP contribution in [-0.2, 0) is 0 Å². The molecule has 2 aromatic rings. The van der Waals surface area contributed by atoms with Gasteiger partial charge in [0.15, 0.2) is 0 Å². The minimum atomic E-state index is -0.270. The summed E-state index contributed by atoms with van der Waals surface area (Å²) in [5.74, 6) is 0.680. The number of benzene rings is 2. The van der Waals surface area contributed by atoms with Crippen LogP contribution in [0.4, 0.5) is 11.4 Å². The van der Waals surface area contributed by atoms with E-state index in [1.165, 1.54) is 14.2 Å². The molecule has 122 valence electrons. The molecule has 0 saturated carbocycles. The Balaban J connectivity index is 2.16.